The Balaban J connectivity index is 1.96. The van der Waals surface area contributed by atoms with Gasteiger partial charge in [0.1, 0.15) is 5.60 Å². The Kier molecular flexibility index (Phi) is 4.63. The van der Waals surface area contributed by atoms with E-state index in [0.717, 1.165) is 12.8 Å². The first-order valence-electron chi connectivity index (χ1n) is 7.74. The van der Waals surface area contributed by atoms with Gasteiger partial charge in [0.25, 0.3) is 0 Å². The van der Waals surface area contributed by atoms with Crippen LogP contribution in [0.2, 0.25) is 0 Å². The molecule has 0 aliphatic carbocycles. The Bertz CT molecular complexity index is 472. The molecule has 0 spiro atoms. The summed E-state index contributed by atoms with van der Waals surface area (Å²) >= 11 is 0. The van der Waals surface area contributed by atoms with Crippen molar-refractivity contribution in [2.45, 2.75) is 51.7 Å². The van der Waals surface area contributed by atoms with E-state index in [1.807, 2.05) is 20.8 Å². The molecule has 22 heavy (non-hydrogen) atoms. The second-order valence-electron chi connectivity index (χ2n) is 7.07. The van der Waals surface area contributed by atoms with Crippen LogP contribution in [0.1, 0.15) is 40.0 Å². The molecular weight excluding hydrogens is 286 g/mol. The lowest BCUT2D eigenvalue weighted by atomic mass is 10.1. The summed E-state index contributed by atoms with van der Waals surface area (Å²) in [6.45, 7) is 6.93. The zero-order valence-electron chi connectivity index (χ0n) is 13.5. The number of primary amides is 1. The number of rotatable bonds is 3. The van der Waals surface area contributed by atoms with Crippen molar-refractivity contribution in [3.05, 3.63) is 0 Å². The van der Waals surface area contributed by atoms with Gasteiger partial charge in [-0.2, -0.15) is 0 Å². The van der Waals surface area contributed by atoms with Crippen molar-refractivity contribution in [3.63, 3.8) is 0 Å². The Labute approximate surface area is 130 Å². The summed E-state index contributed by atoms with van der Waals surface area (Å²) in [5.74, 6) is -0.921. The highest BCUT2D eigenvalue weighted by molar-refractivity contribution is 5.88. The third-order valence-corrected chi connectivity index (χ3v) is 4.05. The van der Waals surface area contributed by atoms with Gasteiger partial charge >= 0.3 is 6.09 Å². The van der Waals surface area contributed by atoms with Crippen molar-refractivity contribution in [2.24, 2.45) is 11.7 Å². The molecule has 7 nitrogen and oxygen atoms in total. The van der Waals surface area contributed by atoms with Gasteiger partial charge < -0.3 is 20.3 Å². The van der Waals surface area contributed by atoms with Gasteiger partial charge in [0.15, 0.2) is 0 Å². The van der Waals surface area contributed by atoms with Crippen LogP contribution in [-0.4, -0.2) is 59.0 Å². The molecule has 0 saturated carbocycles. The number of ether oxygens (including phenoxy) is 1. The second kappa shape index (κ2) is 6.14. The van der Waals surface area contributed by atoms with Crippen LogP contribution >= 0.6 is 0 Å². The van der Waals surface area contributed by atoms with Crippen LogP contribution in [0.4, 0.5) is 4.79 Å². The van der Waals surface area contributed by atoms with Crippen molar-refractivity contribution in [2.75, 3.05) is 19.6 Å². The third-order valence-electron chi connectivity index (χ3n) is 4.05. The number of hydrogen-bond donors (Lipinski definition) is 1. The maximum absolute atomic E-state index is 12.2. The van der Waals surface area contributed by atoms with E-state index in [1.165, 1.54) is 0 Å². The Hall–Kier alpha value is -1.79. The summed E-state index contributed by atoms with van der Waals surface area (Å²) < 4.78 is 5.41. The maximum Gasteiger partial charge on any atom is 0.410 e. The minimum Gasteiger partial charge on any atom is -0.444 e. The van der Waals surface area contributed by atoms with Gasteiger partial charge in [-0.3, -0.25) is 9.59 Å². The second-order valence-corrected chi connectivity index (χ2v) is 7.07. The van der Waals surface area contributed by atoms with E-state index in [4.69, 9.17) is 10.5 Å². The fourth-order valence-corrected chi connectivity index (χ4v) is 2.98. The van der Waals surface area contributed by atoms with Crippen molar-refractivity contribution >= 4 is 17.9 Å². The lowest BCUT2D eigenvalue weighted by molar-refractivity contribution is -0.129. The molecule has 2 saturated heterocycles. The molecule has 2 fully saturated rings. The van der Waals surface area contributed by atoms with Crippen LogP contribution in [0.5, 0.6) is 0 Å². The van der Waals surface area contributed by atoms with Gasteiger partial charge in [0.05, 0.1) is 12.0 Å². The molecule has 2 unspecified atom stereocenters. The van der Waals surface area contributed by atoms with Crippen molar-refractivity contribution in [1.29, 1.82) is 0 Å². The Morgan fingerprint density at radius 2 is 2.05 bits per heavy atom. The minimum absolute atomic E-state index is 0.0505. The van der Waals surface area contributed by atoms with Gasteiger partial charge in [0.2, 0.25) is 11.8 Å². The average molecular weight is 311 g/mol. The van der Waals surface area contributed by atoms with Crippen molar-refractivity contribution in [1.82, 2.24) is 9.80 Å². The van der Waals surface area contributed by atoms with Crippen molar-refractivity contribution < 1.29 is 19.1 Å². The molecule has 3 amide bonds. The van der Waals surface area contributed by atoms with Gasteiger partial charge in [-0.05, 0) is 33.6 Å². The number of likely N-dealkylation sites (tertiary alicyclic amines) is 2. The van der Waals surface area contributed by atoms with Gasteiger partial charge in [-0.15, -0.1) is 0 Å². The third kappa shape index (κ3) is 3.90. The number of hydrogen-bond acceptors (Lipinski definition) is 4. The van der Waals surface area contributed by atoms with E-state index in [9.17, 15) is 14.4 Å². The van der Waals surface area contributed by atoms with Crippen LogP contribution in [0.25, 0.3) is 0 Å². The molecule has 2 heterocycles. The summed E-state index contributed by atoms with van der Waals surface area (Å²) in [4.78, 5) is 38.7. The van der Waals surface area contributed by atoms with Crippen LogP contribution in [0.15, 0.2) is 0 Å². The SMILES string of the molecule is CC(C)(C)OC(=O)N1CCCC1CN1CC(C(N)=O)CC1=O. The largest absolute Gasteiger partial charge is 0.444 e. The number of carbonyl (C=O) groups excluding carboxylic acids is 3. The van der Waals surface area contributed by atoms with E-state index >= 15 is 0 Å². The van der Waals surface area contributed by atoms with E-state index in [2.05, 4.69) is 0 Å². The van der Waals surface area contributed by atoms with Gasteiger partial charge in [-0.1, -0.05) is 0 Å². The zero-order chi connectivity index (χ0) is 16.5. The number of nitrogens with two attached hydrogens (primary N) is 1. The predicted octanol–water partition coefficient (Wildman–Crippen LogP) is 0.720. The zero-order valence-corrected chi connectivity index (χ0v) is 13.5. The molecule has 2 atom stereocenters. The fraction of sp³-hybridized carbons (Fsp3) is 0.800. The molecule has 0 radical (unpaired) electrons. The summed E-state index contributed by atoms with van der Waals surface area (Å²) in [5.41, 5.74) is 4.74. The van der Waals surface area contributed by atoms with Crippen LogP contribution in [0.3, 0.4) is 0 Å². The Morgan fingerprint density at radius 1 is 1.36 bits per heavy atom. The predicted molar refractivity (Wildman–Crippen MR) is 79.8 cm³/mol. The normalized spacial score (nSPS) is 25.7. The highest BCUT2D eigenvalue weighted by Gasteiger charge is 2.38. The first kappa shape index (κ1) is 16.6. The molecule has 2 aliphatic heterocycles. The Morgan fingerprint density at radius 3 is 2.59 bits per heavy atom. The van der Waals surface area contributed by atoms with Crippen LogP contribution in [0, 0.1) is 5.92 Å². The van der Waals surface area contributed by atoms with Gasteiger partial charge in [-0.25, -0.2) is 4.79 Å². The summed E-state index contributed by atoms with van der Waals surface area (Å²) in [6, 6.07) is -0.0505. The molecule has 2 aliphatic rings. The lowest BCUT2D eigenvalue weighted by Crippen LogP contribution is -2.45. The maximum atomic E-state index is 12.2. The quantitative estimate of drug-likeness (QED) is 0.831. The molecule has 7 heteroatoms. The molecule has 2 N–H and O–H groups in total. The standard InChI is InChI=1S/C15H25N3O4/c1-15(2,3)22-14(21)18-6-4-5-11(18)9-17-8-10(13(16)20)7-12(17)19/h10-11H,4-9H2,1-3H3,(H2,16,20). The monoisotopic (exact) mass is 311 g/mol. The van der Waals surface area contributed by atoms with E-state index in [0.29, 0.717) is 19.6 Å². The first-order valence-corrected chi connectivity index (χ1v) is 7.74. The summed E-state index contributed by atoms with van der Waals surface area (Å²) in [6.07, 6.45) is 1.57. The average Bonchev–Trinajstić information content (AvgIpc) is 2.95. The molecular formula is C15H25N3O4. The highest BCUT2D eigenvalue weighted by atomic mass is 16.6. The van der Waals surface area contributed by atoms with Crippen LogP contribution in [-0.2, 0) is 14.3 Å². The molecule has 124 valence electrons. The summed E-state index contributed by atoms with van der Waals surface area (Å²) in [7, 11) is 0. The topological polar surface area (TPSA) is 92.9 Å². The number of nitrogens with zero attached hydrogens (tertiary/aromatic N) is 2. The smallest absolute Gasteiger partial charge is 0.410 e. The van der Waals surface area contributed by atoms with E-state index in [1.54, 1.807) is 9.80 Å². The van der Waals surface area contributed by atoms with Crippen LogP contribution < -0.4 is 5.73 Å². The number of carbonyl (C=O) groups is 3. The summed E-state index contributed by atoms with van der Waals surface area (Å²) in [5, 5.41) is 0. The molecule has 0 bridgehead atoms. The van der Waals surface area contributed by atoms with Gasteiger partial charge in [0, 0.05) is 26.1 Å². The highest BCUT2D eigenvalue weighted by Crippen LogP contribution is 2.24. The number of amides is 3. The molecule has 2 rings (SSSR count). The molecule has 0 aromatic heterocycles. The van der Waals surface area contributed by atoms with E-state index in [-0.39, 0.29) is 24.5 Å². The fourth-order valence-electron chi connectivity index (χ4n) is 2.98. The molecule has 0 aromatic carbocycles. The lowest BCUT2D eigenvalue weighted by Gasteiger charge is -2.30. The van der Waals surface area contributed by atoms with Crippen molar-refractivity contribution in [3.8, 4) is 0 Å². The molecule has 0 aromatic rings. The van der Waals surface area contributed by atoms with E-state index < -0.39 is 17.4 Å². The minimum atomic E-state index is -0.537. The first-order chi connectivity index (χ1) is 10.2.